The van der Waals surface area contributed by atoms with Crippen molar-refractivity contribution in [3.8, 4) is 0 Å². The van der Waals surface area contributed by atoms with Crippen LogP contribution in [0.25, 0.3) is 0 Å². The minimum Gasteiger partial charge on any atom is -0.465 e. The van der Waals surface area contributed by atoms with Gasteiger partial charge >= 0.3 is 5.97 Å². The van der Waals surface area contributed by atoms with E-state index >= 15 is 0 Å². The normalized spacial score (nSPS) is 9.76. The molecule has 0 saturated heterocycles. The maximum absolute atomic E-state index is 11.4. The molecule has 0 bridgehead atoms. The van der Waals surface area contributed by atoms with E-state index in [0.29, 0.717) is 30.6 Å². The molecular formula is C12H16N2O3. The lowest BCUT2D eigenvalue weighted by Gasteiger charge is -2.06. The smallest absolute Gasteiger partial charge is 0.339 e. The number of aromatic nitrogens is 1. The van der Waals surface area contributed by atoms with Gasteiger partial charge in [-0.2, -0.15) is 0 Å². The van der Waals surface area contributed by atoms with Gasteiger partial charge in [-0.05, 0) is 25.5 Å². The number of amides is 1. The van der Waals surface area contributed by atoms with Gasteiger partial charge in [0, 0.05) is 19.2 Å². The average Bonchev–Trinajstić information content (AvgIpc) is 2.36. The molecule has 5 nitrogen and oxygen atoms in total. The fourth-order valence-electron chi connectivity index (χ4n) is 1.45. The molecular weight excluding hydrogens is 220 g/mol. The molecule has 1 amide bonds. The largest absolute Gasteiger partial charge is 0.465 e. The van der Waals surface area contributed by atoms with E-state index in [1.54, 1.807) is 18.3 Å². The van der Waals surface area contributed by atoms with E-state index in [0.717, 1.165) is 0 Å². The molecule has 0 aliphatic carbocycles. The highest BCUT2D eigenvalue weighted by Gasteiger charge is 2.13. The van der Waals surface area contributed by atoms with Gasteiger partial charge in [0.05, 0.1) is 18.4 Å². The third kappa shape index (κ3) is 3.86. The number of pyridine rings is 1. The monoisotopic (exact) mass is 236 g/mol. The van der Waals surface area contributed by atoms with Crippen LogP contribution in [0.2, 0.25) is 0 Å². The Bertz CT molecular complexity index is 404. The highest BCUT2D eigenvalue weighted by Crippen LogP contribution is 2.09. The van der Waals surface area contributed by atoms with Crippen molar-refractivity contribution in [2.24, 2.45) is 0 Å². The minimum atomic E-state index is -0.427. The van der Waals surface area contributed by atoms with E-state index in [1.807, 2.05) is 6.92 Å². The number of esters is 1. The molecule has 1 heterocycles. The first kappa shape index (κ1) is 13.2. The summed E-state index contributed by atoms with van der Waals surface area (Å²) in [6, 6.07) is 3.31. The number of nitrogens with zero attached hydrogens (tertiary/aromatic N) is 1. The Labute approximate surface area is 100 Å². The highest BCUT2D eigenvalue weighted by molar-refractivity contribution is 5.90. The van der Waals surface area contributed by atoms with Gasteiger partial charge in [-0.1, -0.05) is 0 Å². The summed E-state index contributed by atoms with van der Waals surface area (Å²) in [5, 5.41) is 2.70. The zero-order valence-corrected chi connectivity index (χ0v) is 10.0. The van der Waals surface area contributed by atoms with Crippen LogP contribution in [0.4, 0.5) is 0 Å². The molecule has 1 N–H and O–H groups in total. The molecule has 92 valence electrons. The number of methoxy groups -OCH3 is 1. The molecule has 0 unspecified atom stereocenters. The van der Waals surface area contributed by atoms with Crippen molar-refractivity contribution in [2.75, 3.05) is 13.7 Å². The van der Waals surface area contributed by atoms with E-state index in [9.17, 15) is 9.59 Å². The van der Waals surface area contributed by atoms with E-state index < -0.39 is 5.97 Å². The first-order chi connectivity index (χ1) is 8.19. The second-order valence-corrected chi connectivity index (χ2v) is 3.44. The third-order valence-electron chi connectivity index (χ3n) is 2.26. The van der Waals surface area contributed by atoms with Crippen LogP contribution < -0.4 is 5.32 Å². The van der Waals surface area contributed by atoms with Crippen molar-refractivity contribution < 1.29 is 14.3 Å². The van der Waals surface area contributed by atoms with Crippen LogP contribution in [0.3, 0.4) is 0 Å². The summed E-state index contributed by atoms with van der Waals surface area (Å²) in [5.41, 5.74) is 1.00. The van der Waals surface area contributed by atoms with Gasteiger partial charge in [-0.15, -0.1) is 0 Å². The van der Waals surface area contributed by atoms with Crippen molar-refractivity contribution in [3.05, 3.63) is 29.6 Å². The van der Waals surface area contributed by atoms with Gasteiger partial charge in [-0.25, -0.2) is 4.79 Å². The Hall–Kier alpha value is -1.91. The second-order valence-electron chi connectivity index (χ2n) is 3.44. The first-order valence-corrected chi connectivity index (χ1v) is 5.48. The summed E-state index contributed by atoms with van der Waals surface area (Å²) in [6.07, 6.45) is 2.34. The molecule has 1 aromatic rings. The quantitative estimate of drug-likeness (QED) is 0.772. The van der Waals surface area contributed by atoms with Gasteiger partial charge in [-0.3, -0.25) is 9.78 Å². The molecule has 17 heavy (non-hydrogen) atoms. The minimum absolute atomic E-state index is 0.0473. The predicted molar refractivity (Wildman–Crippen MR) is 62.6 cm³/mol. The Morgan fingerprint density at radius 1 is 1.47 bits per heavy atom. The second kappa shape index (κ2) is 6.62. The standard InChI is InChI=1S/C12H16N2O3/c1-3-13-11(15)7-6-10-9(12(16)17-2)5-4-8-14-10/h4-5,8H,3,6-7H2,1-2H3,(H,13,15). The van der Waals surface area contributed by atoms with Crippen LogP contribution in [0.15, 0.2) is 18.3 Å². The van der Waals surface area contributed by atoms with Gasteiger partial charge in [0.25, 0.3) is 0 Å². The Morgan fingerprint density at radius 3 is 2.88 bits per heavy atom. The first-order valence-electron chi connectivity index (χ1n) is 5.48. The number of hydrogen-bond acceptors (Lipinski definition) is 4. The number of carbonyl (C=O) groups excluding carboxylic acids is 2. The number of ether oxygens (including phenoxy) is 1. The molecule has 0 aliphatic heterocycles. The number of aryl methyl sites for hydroxylation is 1. The molecule has 0 aliphatic rings. The van der Waals surface area contributed by atoms with Crippen molar-refractivity contribution in [2.45, 2.75) is 19.8 Å². The summed E-state index contributed by atoms with van der Waals surface area (Å²) >= 11 is 0. The van der Waals surface area contributed by atoms with E-state index in [-0.39, 0.29) is 5.91 Å². The highest BCUT2D eigenvalue weighted by atomic mass is 16.5. The average molecular weight is 236 g/mol. The molecule has 1 rings (SSSR count). The lowest BCUT2D eigenvalue weighted by molar-refractivity contribution is -0.120. The molecule has 0 aromatic carbocycles. The van der Waals surface area contributed by atoms with E-state index in [4.69, 9.17) is 0 Å². The molecule has 5 heteroatoms. The van der Waals surface area contributed by atoms with Gasteiger partial charge in [0.15, 0.2) is 0 Å². The molecule has 1 aromatic heterocycles. The van der Waals surface area contributed by atoms with Gasteiger partial charge in [0.2, 0.25) is 5.91 Å². The number of rotatable bonds is 5. The lowest BCUT2D eigenvalue weighted by atomic mass is 10.1. The lowest BCUT2D eigenvalue weighted by Crippen LogP contribution is -2.23. The summed E-state index contributed by atoms with van der Waals surface area (Å²) in [4.78, 5) is 26.9. The molecule has 0 radical (unpaired) electrons. The summed E-state index contributed by atoms with van der Waals surface area (Å²) in [5.74, 6) is -0.474. The Kier molecular flexibility index (Phi) is 5.13. The van der Waals surface area contributed by atoms with Gasteiger partial charge in [0.1, 0.15) is 0 Å². The van der Waals surface area contributed by atoms with Crippen LogP contribution in [0.5, 0.6) is 0 Å². The fraction of sp³-hybridized carbons (Fsp3) is 0.417. The van der Waals surface area contributed by atoms with Crippen LogP contribution in [0.1, 0.15) is 29.4 Å². The number of nitrogens with one attached hydrogen (secondary N) is 1. The van der Waals surface area contributed by atoms with Gasteiger partial charge < -0.3 is 10.1 Å². The topological polar surface area (TPSA) is 68.3 Å². The van der Waals surface area contributed by atoms with Crippen molar-refractivity contribution in [1.29, 1.82) is 0 Å². The molecule has 0 atom stereocenters. The summed E-state index contributed by atoms with van der Waals surface area (Å²) in [6.45, 7) is 2.46. The maximum Gasteiger partial charge on any atom is 0.339 e. The maximum atomic E-state index is 11.4. The van der Waals surface area contributed by atoms with Crippen molar-refractivity contribution in [3.63, 3.8) is 0 Å². The number of carbonyl (C=O) groups is 2. The zero-order valence-electron chi connectivity index (χ0n) is 10.0. The van der Waals surface area contributed by atoms with Crippen LogP contribution in [-0.4, -0.2) is 30.5 Å². The fourth-order valence-corrected chi connectivity index (χ4v) is 1.45. The molecule has 0 fully saturated rings. The SMILES string of the molecule is CCNC(=O)CCc1ncccc1C(=O)OC. The van der Waals surface area contributed by atoms with Crippen molar-refractivity contribution >= 4 is 11.9 Å². The summed E-state index contributed by atoms with van der Waals surface area (Å²) < 4.78 is 4.65. The zero-order chi connectivity index (χ0) is 12.7. The number of hydrogen-bond donors (Lipinski definition) is 1. The Morgan fingerprint density at radius 2 is 2.24 bits per heavy atom. The molecule has 0 spiro atoms. The molecule has 0 saturated carbocycles. The third-order valence-corrected chi connectivity index (χ3v) is 2.26. The predicted octanol–water partition coefficient (Wildman–Crippen LogP) is 0.937. The Balaban J connectivity index is 2.70. The summed E-state index contributed by atoms with van der Waals surface area (Å²) in [7, 11) is 1.32. The van der Waals surface area contributed by atoms with Crippen LogP contribution >= 0.6 is 0 Å². The van der Waals surface area contributed by atoms with Crippen LogP contribution in [0, 0.1) is 0 Å². The van der Waals surface area contributed by atoms with E-state index in [2.05, 4.69) is 15.0 Å². The van der Waals surface area contributed by atoms with Crippen LogP contribution in [-0.2, 0) is 16.0 Å². The van der Waals surface area contributed by atoms with E-state index in [1.165, 1.54) is 7.11 Å². The van der Waals surface area contributed by atoms with Crippen molar-refractivity contribution in [1.82, 2.24) is 10.3 Å².